The number of hydrogen-bond donors (Lipinski definition) is 0. The molecule has 0 atom stereocenters. The fourth-order valence-corrected chi connectivity index (χ4v) is 0. The summed E-state index contributed by atoms with van der Waals surface area (Å²) in [6.45, 7) is 0. The van der Waals surface area contributed by atoms with Gasteiger partial charge in [-0.3, -0.25) is 0 Å². The number of phosphoric acid groups is 4. The van der Waals surface area contributed by atoms with Crippen LogP contribution in [0.15, 0.2) is 0 Å². The van der Waals surface area contributed by atoms with Crippen molar-refractivity contribution in [1.82, 2.24) is 0 Å². The van der Waals surface area contributed by atoms with E-state index in [1.807, 2.05) is 0 Å². The van der Waals surface area contributed by atoms with Gasteiger partial charge in [0.2, 0.25) is 0 Å². The molecule has 0 bridgehead atoms. The summed E-state index contributed by atoms with van der Waals surface area (Å²) < 4.78 is 34.2. The molecule has 16 radical (unpaired) electrons. The molecule has 0 aliphatic carbocycles. The van der Waals surface area contributed by atoms with Crippen LogP contribution in [0.1, 0.15) is 0 Å². The molecule has 0 aromatic carbocycles. The van der Waals surface area contributed by atoms with Crippen LogP contribution < -0.4 is 140 Å². The van der Waals surface area contributed by atoms with Gasteiger partial charge in [0.15, 0.2) is 0 Å². The third-order valence-corrected chi connectivity index (χ3v) is 1.33. The number of carbonyl (C=O) groups is 16. The Hall–Kier alpha value is -0.0483. The predicted molar refractivity (Wildman–Crippen MR) is 126 cm³/mol. The molecule has 0 aliphatic heterocycles. The summed E-state index contributed by atoms with van der Waals surface area (Å²) in [6.07, 6.45) is 0. The van der Waals surface area contributed by atoms with Crippen LogP contribution in [-0.4, -0.2) is 139 Å². The van der Waals surface area contributed by atoms with Crippen LogP contribution in [0.25, 0.3) is 0 Å². The van der Waals surface area contributed by atoms with E-state index < -0.39 is 127 Å². The zero-order chi connectivity index (χ0) is 59.2. The Morgan fingerprint density at radius 3 is 0.141 bits per heavy atom. The third-order valence-electron chi connectivity index (χ3n) is 1.33. The fraction of sp³-hybridized carbons (Fsp3) is 0. The standard InChI is InChI=1S/8C2H2O4.16Cu.4H3O4P.8H2O/c8*3-1(4)2(5)6;;;;;;;;;;;;;;;;;4*1-5(2,3)4;;;;;;;;/h8*(H,3,4)(H,5,6);;;;;;;;;;;;;;;;;4*(H3,1,2,3,4);8*1H2/q;;;;;;;;16*+2;;;;;;;;;;;;/p-36. The van der Waals surface area contributed by atoms with Gasteiger partial charge >= 0.3 is 273 Å². The summed E-state index contributed by atoms with van der Waals surface area (Å²) in [5.41, 5.74) is 0. The number of hydrogen-bond acceptors (Lipinski definition) is 56. The molecular formula is C16H8Cu16O56P4-4. The van der Waals surface area contributed by atoms with E-state index in [9.17, 15) is 0 Å². The molecule has 0 aromatic heterocycles. The van der Waals surface area contributed by atoms with E-state index >= 15 is 0 Å². The quantitative estimate of drug-likeness (QED) is 0.123. The van der Waals surface area contributed by atoms with E-state index in [-0.39, 0.29) is 317 Å². The van der Waals surface area contributed by atoms with Crippen molar-refractivity contribution in [2.24, 2.45) is 0 Å². The van der Waals surface area contributed by atoms with E-state index in [1.54, 1.807) is 0 Å². The molecule has 8 N–H and O–H groups in total. The van der Waals surface area contributed by atoms with Gasteiger partial charge in [0.25, 0.3) is 0 Å². The van der Waals surface area contributed by atoms with Gasteiger partial charge in [0, 0.05) is 0 Å². The summed E-state index contributed by atoms with van der Waals surface area (Å²) in [7, 11) is -21.6. The maximum Gasteiger partial charge on any atom is 2.00 e. The van der Waals surface area contributed by atoms with E-state index in [0.717, 1.165) is 0 Å². The molecule has 92 heavy (non-hydrogen) atoms. The van der Waals surface area contributed by atoms with Gasteiger partial charge < -0.3 is 279 Å². The van der Waals surface area contributed by atoms with Crippen molar-refractivity contribution in [3.8, 4) is 0 Å². The molecule has 0 saturated heterocycles. The van der Waals surface area contributed by atoms with Crippen molar-refractivity contribution in [3.63, 3.8) is 0 Å². The predicted octanol–water partition coefficient (Wildman–Crippen LogP) is -40.9. The van der Waals surface area contributed by atoms with Crippen LogP contribution >= 0.6 is 31.3 Å². The molecule has 0 saturated carbocycles. The third kappa shape index (κ3) is 697. The molecule has 0 rings (SSSR count). The molecule has 0 unspecified atom stereocenters. The normalized spacial score (nSPS) is 6.39. The fourth-order valence-electron chi connectivity index (χ4n) is 0. The van der Waals surface area contributed by atoms with E-state index in [4.69, 9.17) is 235 Å². The largest absolute Gasteiger partial charge is 2.00 e. The van der Waals surface area contributed by atoms with Crippen LogP contribution in [0, 0.1) is 0 Å². The van der Waals surface area contributed by atoms with Gasteiger partial charge in [-0.2, -0.15) is 31.3 Å². The van der Waals surface area contributed by atoms with Crippen molar-refractivity contribution in [2.75, 3.05) is 0 Å². The molecule has 56 nitrogen and oxygen atoms in total. The second kappa shape index (κ2) is 142. The number of rotatable bonds is 0. The van der Waals surface area contributed by atoms with E-state index in [1.165, 1.54) is 0 Å². The SMILES string of the molecule is O=C([O-])C(=O)[O-].O=C([O-])C(=O)[O-].O=C([O-])C(=O)[O-].O=C([O-])C(=O)[O-].O=C([O-])C(=O)[O-].O=C([O-])C(=O)[O-].O=C([O-])C(=O)[O-].O=C([O-])C(=O)[O-].O=P([O-])([O-])[O-].O=P([O-])([O-])[O-].O=P([O-])([O-])[O-].O=P([O-])([O-])[O-].[Cu+2].[Cu+2].[Cu+2].[Cu+2].[Cu+2].[Cu+2].[Cu+2].[Cu+2].[Cu+2].[Cu+2].[Cu+2].[Cu+2].[Cu+2].[Cu+2].[Cu+2].[Cu+2].[OH-].[OH-].[OH-].[OH-].[OH-].[OH-].[OH-].[OH-]. The smallest absolute Gasteiger partial charge is 0.870 e. The molecule has 76 heteroatoms. The van der Waals surface area contributed by atoms with Crippen molar-refractivity contribution >= 4 is 127 Å². The average Bonchev–Trinajstić information content (AvgIpc) is 3.03. The molecule has 0 aliphatic rings. The Bertz CT molecular complexity index is 1460. The molecule has 0 amide bonds. The summed E-state index contributed by atoms with van der Waals surface area (Å²) in [5, 5.41) is 143. The van der Waals surface area contributed by atoms with Gasteiger partial charge in [0.05, 0.1) is 95.5 Å². The minimum atomic E-state index is -5.39. The average molecular weight is 2240 g/mol. The molecule has 0 heterocycles. The number of aliphatic carboxylic acids is 16. The van der Waals surface area contributed by atoms with Crippen LogP contribution in [-0.2, 0) is 368 Å². The Balaban J connectivity index is -0.0000000107. The Morgan fingerprint density at radius 1 is 0.130 bits per heavy atom. The Morgan fingerprint density at radius 2 is 0.141 bits per heavy atom. The first kappa shape index (κ1) is 243. The maximum absolute atomic E-state index is 8.93. The van der Waals surface area contributed by atoms with E-state index in [0.29, 0.717) is 0 Å². The summed E-state index contributed by atoms with van der Waals surface area (Å²) >= 11 is 0. The van der Waals surface area contributed by atoms with Crippen molar-refractivity contribution in [3.05, 3.63) is 0 Å². The van der Waals surface area contributed by atoms with Gasteiger partial charge in [-0.05, 0) is 0 Å². The van der Waals surface area contributed by atoms with Crippen molar-refractivity contribution in [1.29, 1.82) is 0 Å². The molecular weight excluding hydrogens is 2230 g/mol. The second-order valence-electron chi connectivity index (χ2n) is 6.39. The topological polar surface area (TPSA) is 1230 Å². The molecule has 0 spiro atoms. The first-order valence-corrected chi connectivity index (χ1v) is 17.3. The van der Waals surface area contributed by atoms with Crippen LogP contribution in [0.3, 0.4) is 0 Å². The first-order valence-electron chi connectivity index (χ1n) is 11.5. The minimum absolute atomic E-state index is 0. The number of carbonyl (C=O) groups excluding carboxylic acids is 16. The zero-order valence-electron chi connectivity index (χ0n) is 37.8. The maximum atomic E-state index is 8.93. The molecule has 608 valence electrons. The van der Waals surface area contributed by atoms with Crippen molar-refractivity contribution in [2.45, 2.75) is 0 Å². The molecule has 0 aromatic rings. The second-order valence-corrected chi connectivity index (χ2v) is 9.97. The monoisotopic (exact) mass is 2230 g/mol. The zero-order valence-corrected chi connectivity index (χ0v) is 56.4. The van der Waals surface area contributed by atoms with Gasteiger partial charge in [0.1, 0.15) is 0 Å². The summed E-state index contributed by atoms with van der Waals surface area (Å²) in [5.74, 6) is -35.0. The van der Waals surface area contributed by atoms with Crippen LogP contribution in [0.2, 0.25) is 0 Å². The van der Waals surface area contributed by atoms with Gasteiger partial charge in [-0.1, -0.05) is 0 Å². The van der Waals surface area contributed by atoms with Gasteiger partial charge in [-0.25, -0.2) is 0 Å². The van der Waals surface area contributed by atoms with Crippen LogP contribution in [0.4, 0.5) is 0 Å². The van der Waals surface area contributed by atoms with E-state index in [2.05, 4.69) is 0 Å². The number of carboxylic acid groups (broad SMARTS) is 16. The Labute approximate surface area is 672 Å². The van der Waals surface area contributed by atoms with Crippen LogP contribution in [0.5, 0.6) is 0 Å². The summed E-state index contributed by atoms with van der Waals surface area (Å²) in [4.78, 5) is 245. The molecule has 0 fully saturated rings. The minimum Gasteiger partial charge on any atom is -0.870 e. The van der Waals surface area contributed by atoms with Gasteiger partial charge in [-0.15, -0.1) is 0 Å². The first-order chi connectivity index (χ1) is 29.1. The number of carboxylic acids is 16. The Kier molecular flexibility index (Phi) is 375. The summed E-state index contributed by atoms with van der Waals surface area (Å²) in [6, 6.07) is 0. The van der Waals surface area contributed by atoms with Crippen molar-refractivity contribution < 1.29 is 552 Å².